The first-order chi connectivity index (χ1) is 9.88. The van der Waals surface area contributed by atoms with Crippen LogP contribution in [0.1, 0.15) is 15.9 Å². The second kappa shape index (κ2) is 6.32. The standard InChI is InChI=1S/C15H12BrFN2OS/c1-19(13-4-2-3-9(7-13)14(18)21)15(20)10-5-11(16)8-12(17)6-10/h2-8H,1H3,(H2,18,21). The first kappa shape index (κ1) is 15.6. The van der Waals surface area contributed by atoms with Crippen LogP contribution in [0, 0.1) is 5.82 Å². The topological polar surface area (TPSA) is 46.3 Å². The van der Waals surface area contributed by atoms with E-state index < -0.39 is 5.82 Å². The van der Waals surface area contributed by atoms with Crippen molar-refractivity contribution in [1.82, 2.24) is 0 Å². The fourth-order valence-corrected chi connectivity index (χ4v) is 2.45. The third-order valence-electron chi connectivity index (χ3n) is 2.93. The van der Waals surface area contributed by atoms with Crippen LogP contribution >= 0.6 is 28.1 Å². The van der Waals surface area contributed by atoms with Gasteiger partial charge in [0.15, 0.2) is 0 Å². The fourth-order valence-electron chi connectivity index (χ4n) is 1.86. The quantitative estimate of drug-likeness (QED) is 0.845. The van der Waals surface area contributed by atoms with Crippen molar-refractivity contribution >= 4 is 44.7 Å². The number of hydrogen-bond acceptors (Lipinski definition) is 2. The molecule has 108 valence electrons. The summed E-state index contributed by atoms with van der Waals surface area (Å²) in [4.78, 5) is 14.1. The van der Waals surface area contributed by atoms with Gasteiger partial charge in [-0.15, -0.1) is 0 Å². The highest BCUT2D eigenvalue weighted by atomic mass is 79.9. The first-order valence-electron chi connectivity index (χ1n) is 6.02. The van der Waals surface area contributed by atoms with E-state index in [4.69, 9.17) is 18.0 Å². The van der Waals surface area contributed by atoms with Crippen LogP contribution in [-0.4, -0.2) is 17.9 Å². The molecule has 2 aromatic rings. The summed E-state index contributed by atoms with van der Waals surface area (Å²) >= 11 is 8.09. The number of anilines is 1. The lowest BCUT2D eigenvalue weighted by Gasteiger charge is -2.18. The van der Waals surface area contributed by atoms with Crippen molar-refractivity contribution in [2.45, 2.75) is 0 Å². The molecule has 0 aliphatic rings. The van der Waals surface area contributed by atoms with Gasteiger partial charge >= 0.3 is 0 Å². The van der Waals surface area contributed by atoms with Crippen LogP contribution in [0.2, 0.25) is 0 Å². The van der Waals surface area contributed by atoms with Crippen LogP contribution in [0.4, 0.5) is 10.1 Å². The number of benzene rings is 2. The summed E-state index contributed by atoms with van der Waals surface area (Å²) in [6, 6.07) is 11.1. The average Bonchev–Trinajstić information content (AvgIpc) is 2.44. The highest BCUT2D eigenvalue weighted by Crippen LogP contribution is 2.20. The largest absolute Gasteiger partial charge is 0.389 e. The Kier molecular flexibility index (Phi) is 4.69. The van der Waals surface area contributed by atoms with E-state index in [0.717, 1.165) is 0 Å². The Hall–Kier alpha value is -1.79. The minimum Gasteiger partial charge on any atom is -0.389 e. The fraction of sp³-hybridized carbons (Fsp3) is 0.0667. The molecule has 2 N–H and O–H groups in total. The van der Waals surface area contributed by atoms with Gasteiger partial charge in [-0.3, -0.25) is 4.79 Å². The maximum Gasteiger partial charge on any atom is 0.258 e. The van der Waals surface area contributed by atoms with Gasteiger partial charge < -0.3 is 10.6 Å². The number of nitrogens with zero attached hydrogens (tertiary/aromatic N) is 1. The number of amides is 1. The molecule has 0 fully saturated rings. The van der Waals surface area contributed by atoms with Crippen LogP contribution in [-0.2, 0) is 0 Å². The van der Waals surface area contributed by atoms with Gasteiger partial charge in [-0.2, -0.15) is 0 Å². The van der Waals surface area contributed by atoms with E-state index in [1.807, 2.05) is 0 Å². The van der Waals surface area contributed by atoms with Crippen molar-refractivity contribution in [3.63, 3.8) is 0 Å². The number of halogens is 2. The van der Waals surface area contributed by atoms with Gasteiger partial charge in [-0.05, 0) is 30.3 Å². The zero-order valence-electron chi connectivity index (χ0n) is 11.1. The molecule has 0 bridgehead atoms. The van der Waals surface area contributed by atoms with Crippen molar-refractivity contribution in [2.24, 2.45) is 5.73 Å². The molecule has 6 heteroatoms. The lowest BCUT2D eigenvalue weighted by molar-refractivity contribution is 0.0992. The summed E-state index contributed by atoms with van der Waals surface area (Å²) in [5.41, 5.74) is 7.14. The molecule has 2 rings (SSSR count). The molecule has 0 aliphatic carbocycles. The number of carbonyl (C=O) groups is 1. The van der Waals surface area contributed by atoms with Gasteiger partial charge in [-0.25, -0.2) is 4.39 Å². The normalized spacial score (nSPS) is 10.2. The molecule has 3 nitrogen and oxygen atoms in total. The molecule has 0 atom stereocenters. The molecule has 0 spiro atoms. The van der Waals surface area contributed by atoms with E-state index in [1.165, 1.54) is 17.0 Å². The van der Waals surface area contributed by atoms with Crippen LogP contribution < -0.4 is 10.6 Å². The second-order valence-corrected chi connectivity index (χ2v) is 5.79. The zero-order valence-corrected chi connectivity index (χ0v) is 13.5. The summed E-state index contributed by atoms with van der Waals surface area (Å²) in [5, 5.41) is 0. The average molecular weight is 367 g/mol. The number of nitrogens with two attached hydrogens (primary N) is 1. The lowest BCUT2D eigenvalue weighted by atomic mass is 10.1. The molecule has 0 radical (unpaired) electrons. The molecule has 0 saturated carbocycles. The predicted molar refractivity (Wildman–Crippen MR) is 89.2 cm³/mol. The molecule has 21 heavy (non-hydrogen) atoms. The van der Waals surface area contributed by atoms with Crippen LogP contribution in [0.5, 0.6) is 0 Å². The first-order valence-corrected chi connectivity index (χ1v) is 7.22. The van der Waals surface area contributed by atoms with E-state index in [-0.39, 0.29) is 16.5 Å². The van der Waals surface area contributed by atoms with Crippen molar-refractivity contribution in [3.8, 4) is 0 Å². The highest BCUT2D eigenvalue weighted by molar-refractivity contribution is 9.10. The van der Waals surface area contributed by atoms with Gasteiger partial charge in [-0.1, -0.05) is 40.3 Å². The Morgan fingerprint density at radius 1 is 1.24 bits per heavy atom. The SMILES string of the molecule is CN(C(=O)c1cc(F)cc(Br)c1)c1cccc(C(N)=S)c1. The maximum atomic E-state index is 13.4. The molecule has 0 heterocycles. The molecule has 0 aliphatic heterocycles. The van der Waals surface area contributed by atoms with E-state index in [2.05, 4.69) is 15.9 Å². The lowest BCUT2D eigenvalue weighted by Crippen LogP contribution is -2.26. The second-order valence-electron chi connectivity index (χ2n) is 4.44. The number of carbonyl (C=O) groups excluding carboxylic acids is 1. The Labute approximate surface area is 135 Å². The molecule has 1 amide bonds. The van der Waals surface area contributed by atoms with E-state index in [9.17, 15) is 9.18 Å². The van der Waals surface area contributed by atoms with E-state index in [0.29, 0.717) is 15.7 Å². The van der Waals surface area contributed by atoms with Gasteiger partial charge in [0.05, 0.1) is 0 Å². The van der Waals surface area contributed by atoms with Gasteiger partial charge in [0.2, 0.25) is 0 Å². The van der Waals surface area contributed by atoms with Crippen LogP contribution in [0.25, 0.3) is 0 Å². The number of thiocarbonyl (C=S) groups is 1. The third-order valence-corrected chi connectivity index (χ3v) is 3.63. The van der Waals surface area contributed by atoms with Gasteiger partial charge in [0.25, 0.3) is 5.91 Å². The third kappa shape index (κ3) is 3.65. The van der Waals surface area contributed by atoms with E-state index >= 15 is 0 Å². The summed E-state index contributed by atoms with van der Waals surface area (Å²) in [5.74, 6) is -0.798. The molecule has 0 unspecified atom stereocenters. The van der Waals surface area contributed by atoms with Crippen molar-refractivity contribution in [1.29, 1.82) is 0 Å². The van der Waals surface area contributed by atoms with E-state index in [1.54, 1.807) is 37.4 Å². The van der Waals surface area contributed by atoms with Crippen molar-refractivity contribution < 1.29 is 9.18 Å². The monoisotopic (exact) mass is 366 g/mol. The number of hydrogen-bond donors (Lipinski definition) is 1. The molecular weight excluding hydrogens is 355 g/mol. The van der Waals surface area contributed by atoms with Crippen LogP contribution in [0.15, 0.2) is 46.9 Å². The molecular formula is C15H12BrFN2OS. The highest BCUT2D eigenvalue weighted by Gasteiger charge is 2.15. The Morgan fingerprint density at radius 3 is 2.57 bits per heavy atom. The summed E-state index contributed by atoms with van der Waals surface area (Å²) in [6.45, 7) is 0. The predicted octanol–water partition coefficient (Wildman–Crippen LogP) is 3.50. The van der Waals surface area contributed by atoms with Crippen molar-refractivity contribution in [2.75, 3.05) is 11.9 Å². The summed E-state index contributed by atoms with van der Waals surface area (Å²) in [6.07, 6.45) is 0. The van der Waals surface area contributed by atoms with Gasteiger partial charge in [0, 0.05) is 28.3 Å². The minimum absolute atomic E-state index is 0.255. The van der Waals surface area contributed by atoms with Gasteiger partial charge in [0.1, 0.15) is 10.8 Å². The summed E-state index contributed by atoms with van der Waals surface area (Å²) < 4.78 is 13.9. The minimum atomic E-state index is -0.474. The Bertz CT molecular complexity index is 700. The molecule has 2 aromatic carbocycles. The molecule has 0 aromatic heterocycles. The zero-order chi connectivity index (χ0) is 15.6. The maximum absolute atomic E-state index is 13.4. The Balaban J connectivity index is 2.34. The number of rotatable bonds is 3. The summed E-state index contributed by atoms with van der Waals surface area (Å²) in [7, 11) is 1.61. The molecule has 0 saturated heterocycles. The Morgan fingerprint density at radius 2 is 1.95 bits per heavy atom. The smallest absolute Gasteiger partial charge is 0.258 e. The van der Waals surface area contributed by atoms with Crippen molar-refractivity contribution in [3.05, 3.63) is 63.9 Å². The van der Waals surface area contributed by atoms with Crippen LogP contribution in [0.3, 0.4) is 0 Å².